The Morgan fingerprint density at radius 1 is 1.18 bits per heavy atom. The average Bonchev–Trinajstić information content (AvgIpc) is 1.99. The summed E-state index contributed by atoms with van der Waals surface area (Å²) in [6, 6.07) is 6.03. The van der Waals surface area contributed by atoms with Gasteiger partial charge in [0.25, 0.3) is 0 Å². The summed E-state index contributed by atoms with van der Waals surface area (Å²) in [7, 11) is 1.68. The van der Waals surface area contributed by atoms with E-state index in [-0.39, 0.29) is 0 Å². The predicted octanol–water partition coefficient (Wildman–Crippen LogP) is 3.02. The van der Waals surface area contributed by atoms with Crippen molar-refractivity contribution in [3.8, 4) is 0 Å². The molecule has 0 N–H and O–H groups in total. The van der Waals surface area contributed by atoms with E-state index in [1.54, 1.807) is 7.05 Å². The lowest BCUT2D eigenvalue weighted by molar-refractivity contribution is 1.14. The van der Waals surface area contributed by atoms with Crippen molar-refractivity contribution < 1.29 is 0 Å². The third-order valence-corrected chi connectivity index (χ3v) is 1.78. The maximum absolute atomic E-state index is 3.99. The number of nitrogens with zero attached hydrogens (tertiary/aromatic N) is 2. The number of benzene rings is 1. The molecule has 0 bridgehead atoms. The molecule has 0 saturated heterocycles. The molecule has 1 aromatic rings. The summed E-state index contributed by atoms with van der Waals surface area (Å²) in [4.78, 5) is 0. The first-order valence-corrected chi connectivity index (χ1v) is 3.61. The van der Waals surface area contributed by atoms with Crippen LogP contribution in [-0.2, 0) is 0 Å². The van der Waals surface area contributed by atoms with Gasteiger partial charge < -0.3 is 0 Å². The van der Waals surface area contributed by atoms with E-state index in [0.717, 1.165) is 5.69 Å². The van der Waals surface area contributed by atoms with Gasteiger partial charge in [-0.25, -0.2) is 0 Å². The molecule has 1 rings (SSSR count). The van der Waals surface area contributed by atoms with Crippen LogP contribution in [0.25, 0.3) is 0 Å². The van der Waals surface area contributed by atoms with Gasteiger partial charge in [-0.15, -0.1) is 0 Å². The van der Waals surface area contributed by atoms with Crippen LogP contribution in [0.2, 0.25) is 0 Å². The Morgan fingerprint density at radius 3 is 2.55 bits per heavy atom. The summed E-state index contributed by atoms with van der Waals surface area (Å²) in [5, 5.41) is 7.72. The number of hydrogen-bond donors (Lipinski definition) is 0. The maximum Gasteiger partial charge on any atom is 0.0884 e. The van der Waals surface area contributed by atoms with E-state index >= 15 is 0 Å². The molecule has 0 atom stereocenters. The van der Waals surface area contributed by atoms with E-state index in [2.05, 4.69) is 30.1 Å². The molecule has 0 unspecified atom stereocenters. The maximum atomic E-state index is 3.99. The fourth-order valence-corrected chi connectivity index (χ4v) is 0.952. The largest absolute Gasteiger partial charge is 0.192 e. The van der Waals surface area contributed by atoms with Crippen molar-refractivity contribution in [1.29, 1.82) is 0 Å². The molecular formula is C9H12N2. The fourth-order valence-electron chi connectivity index (χ4n) is 0.952. The lowest BCUT2D eigenvalue weighted by Crippen LogP contribution is -1.78. The van der Waals surface area contributed by atoms with E-state index in [9.17, 15) is 0 Å². The van der Waals surface area contributed by atoms with Crippen molar-refractivity contribution in [1.82, 2.24) is 0 Å². The van der Waals surface area contributed by atoms with Gasteiger partial charge in [0.1, 0.15) is 0 Å². The third-order valence-electron chi connectivity index (χ3n) is 1.78. The van der Waals surface area contributed by atoms with Crippen molar-refractivity contribution in [3.05, 3.63) is 29.3 Å². The van der Waals surface area contributed by atoms with Gasteiger partial charge >= 0.3 is 0 Å². The second-order valence-electron chi connectivity index (χ2n) is 2.52. The Balaban J connectivity index is 3.16. The van der Waals surface area contributed by atoms with E-state index in [0.29, 0.717) is 0 Å². The van der Waals surface area contributed by atoms with Crippen LogP contribution in [0.5, 0.6) is 0 Å². The quantitative estimate of drug-likeness (QED) is 0.547. The molecule has 58 valence electrons. The molecule has 0 aliphatic rings. The zero-order chi connectivity index (χ0) is 8.27. The molecule has 2 nitrogen and oxygen atoms in total. The highest BCUT2D eigenvalue weighted by atomic mass is 15.1. The smallest absolute Gasteiger partial charge is 0.0884 e. The molecule has 0 saturated carbocycles. The van der Waals surface area contributed by atoms with E-state index in [1.807, 2.05) is 12.1 Å². The molecule has 0 spiro atoms. The van der Waals surface area contributed by atoms with Crippen molar-refractivity contribution in [2.75, 3.05) is 7.05 Å². The normalized spacial score (nSPS) is 10.8. The SMILES string of the molecule is C/N=N/c1cccc(C)c1C. The van der Waals surface area contributed by atoms with Crippen molar-refractivity contribution in [2.24, 2.45) is 10.2 Å². The minimum atomic E-state index is 0.965. The van der Waals surface area contributed by atoms with Crippen LogP contribution >= 0.6 is 0 Å². The molecule has 0 amide bonds. The van der Waals surface area contributed by atoms with Gasteiger partial charge in [0, 0.05) is 7.05 Å². The molecule has 0 heterocycles. The molecule has 0 aliphatic heterocycles. The Kier molecular flexibility index (Phi) is 2.36. The molecule has 2 heteroatoms. The summed E-state index contributed by atoms with van der Waals surface area (Å²) in [6.07, 6.45) is 0. The number of rotatable bonds is 1. The van der Waals surface area contributed by atoms with Crippen molar-refractivity contribution in [2.45, 2.75) is 13.8 Å². The zero-order valence-electron chi connectivity index (χ0n) is 7.13. The molecule has 0 aliphatic carbocycles. The standard InChI is InChI=1S/C9H12N2/c1-7-5-4-6-9(8(7)2)11-10-3/h4-6H,1-3H3/b11-10+. The van der Waals surface area contributed by atoms with Gasteiger partial charge in [0.2, 0.25) is 0 Å². The first-order chi connectivity index (χ1) is 5.25. The summed E-state index contributed by atoms with van der Waals surface area (Å²) >= 11 is 0. The highest BCUT2D eigenvalue weighted by Gasteiger charge is 1.96. The summed E-state index contributed by atoms with van der Waals surface area (Å²) in [6.45, 7) is 4.13. The van der Waals surface area contributed by atoms with Crippen LogP contribution in [0.3, 0.4) is 0 Å². The second-order valence-corrected chi connectivity index (χ2v) is 2.52. The van der Waals surface area contributed by atoms with Crippen LogP contribution in [0.1, 0.15) is 11.1 Å². The summed E-state index contributed by atoms with van der Waals surface area (Å²) in [5.41, 5.74) is 3.43. The average molecular weight is 148 g/mol. The monoisotopic (exact) mass is 148 g/mol. The molecule has 0 aromatic heterocycles. The molecular weight excluding hydrogens is 136 g/mol. The molecule has 11 heavy (non-hydrogen) atoms. The first kappa shape index (κ1) is 7.92. The number of hydrogen-bond acceptors (Lipinski definition) is 2. The fraction of sp³-hybridized carbons (Fsp3) is 0.333. The van der Waals surface area contributed by atoms with Crippen LogP contribution in [0, 0.1) is 13.8 Å². The van der Waals surface area contributed by atoms with Gasteiger partial charge in [-0.1, -0.05) is 12.1 Å². The highest BCUT2D eigenvalue weighted by molar-refractivity contribution is 5.48. The lowest BCUT2D eigenvalue weighted by Gasteiger charge is -2.00. The van der Waals surface area contributed by atoms with Crippen molar-refractivity contribution >= 4 is 5.69 Å². The van der Waals surface area contributed by atoms with Gasteiger partial charge in [0.15, 0.2) is 0 Å². The van der Waals surface area contributed by atoms with E-state index < -0.39 is 0 Å². The van der Waals surface area contributed by atoms with Gasteiger partial charge in [0.05, 0.1) is 5.69 Å². The van der Waals surface area contributed by atoms with E-state index in [4.69, 9.17) is 0 Å². The first-order valence-electron chi connectivity index (χ1n) is 3.61. The molecule has 1 aromatic carbocycles. The topological polar surface area (TPSA) is 24.7 Å². The van der Waals surface area contributed by atoms with Crippen LogP contribution in [-0.4, -0.2) is 7.05 Å². The Morgan fingerprint density at radius 2 is 1.91 bits per heavy atom. The Bertz CT molecular complexity index is 277. The number of azo groups is 1. The van der Waals surface area contributed by atoms with Crippen molar-refractivity contribution in [3.63, 3.8) is 0 Å². The Hall–Kier alpha value is -1.18. The van der Waals surface area contributed by atoms with Gasteiger partial charge in [-0.05, 0) is 31.0 Å². The minimum absolute atomic E-state index is 0.965. The van der Waals surface area contributed by atoms with Gasteiger partial charge in [-0.2, -0.15) is 10.2 Å². The third kappa shape index (κ3) is 1.64. The zero-order valence-corrected chi connectivity index (χ0v) is 7.13. The lowest BCUT2D eigenvalue weighted by atomic mass is 10.1. The highest BCUT2D eigenvalue weighted by Crippen LogP contribution is 2.20. The molecule has 0 radical (unpaired) electrons. The van der Waals surface area contributed by atoms with E-state index in [1.165, 1.54) is 11.1 Å². The summed E-state index contributed by atoms with van der Waals surface area (Å²) < 4.78 is 0. The van der Waals surface area contributed by atoms with Crippen LogP contribution < -0.4 is 0 Å². The number of aryl methyl sites for hydroxylation is 1. The van der Waals surface area contributed by atoms with Crippen LogP contribution in [0.15, 0.2) is 28.4 Å². The predicted molar refractivity (Wildman–Crippen MR) is 46.4 cm³/mol. The van der Waals surface area contributed by atoms with Crippen LogP contribution in [0.4, 0.5) is 5.69 Å². The minimum Gasteiger partial charge on any atom is -0.192 e. The Labute approximate surface area is 67.0 Å². The second kappa shape index (κ2) is 3.28. The molecule has 0 fully saturated rings. The van der Waals surface area contributed by atoms with Gasteiger partial charge in [-0.3, -0.25) is 0 Å². The summed E-state index contributed by atoms with van der Waals surface area (Å²) in [5.74, 6) is 0.